The molecule has 3 aromatic heterocycles. The van der Waals surface area contributed by atoms with Crippen molar-refractivity contribution < 1.29 is 4.79 Å². The predicted molar refractivity (Wildman–Crippen MR) is 161 cm³/mol. The van der Waals surface area contributed by atoms with Crippen LogP contribution in [0, 0.1) is 5.92 Å². The number of benzene rings is 2. The third kappa shape index (κ3) is 4.99. The first kappa shape index (κ1) is 26.8. The molecule has 1 unspecified atom stereocenters. The zero-order valence-electron chi connectivity index (χ0n) is 23.0. The maximum Gasteiger partial charge on any atom is 0.270 e. The number of aromatic nitrogens is 5. The van der Waals surface area contributed by atoms with E-state index in [0.29, 0.717) is 33.5 Å². The number of halogens is 1. The van der Waals surface area contributed by atoms with Crippen LogP contribution in [0.25, 0.3) is 22.5 Å². The number of amides is 1. The standard InChI is InChI=1S/C30H31ClN8O2/c1-3-36(4-2)27(40)20-8-7-16-37(19-20)22-13-11-21(12-14-22)34-29-33-18-23-26(35-29)38-17-15-32-30(38)39(28(23)41)25-10-6-5-9-24(25)31/h5-6,9-15,17-18,20H,3-4,7-8,16,19H2,1-2H3,(H,33,34,35). The van der Waals surface area contributed by atoms with Gasteiger partial charge in [-0.15, -0.1) is 0 Å². The Hall–Kier alpha value is -4.44. The number of fused-ring (bicyclic) bond motifs is 3. The van der Waals surface area contributed by atoms with Crippen LogP contribution in [0.5, 0.6) is 0 Å². The van der Waals surface area contributed by atoms with Gasteiger partial charge in [-0.3, -0.25) is 14.0 Å². The highest BCUT2D eigenvalue weighted by Crippen LogP contribution is 2.27. The lowest BCUT2D eigenvalue weighted by molar-refractivity contribution is -0.135. The van der Waals surface area contributed by atoms with Gasteiger partial charge in [0, 0.05) is 56.1 Å². The van der Waals surface area contributed by atoms with Gasteiger partial charge in [-0.05, 0) is 63.1 Å². The summed E-state index contributed by atoms with van der Waals surface area (Å²) in [5.74, 6) is 1.04. The molecule has 0 saturated carbocycles. The van der Waals surface area contributed by atoms with E-state index in [1.165, 1.54) is 10.8 Å². The molecule has 0 aliphatic carbocycles. The lowest BCUT2D eigenvalue weighted by Crippen LogP contribution is -2.44. The highest BCUT2D eigenvalue weighted by Gasteiger charge is 2.28. The molecule has 1 atom stereocenters. The number of hydrogen-bond donors (Lipinski definition) is 1. The molecule has 0 spiro atoms. The van der Waals surface area contributed by atoms with Crippen molar-refractivity contribution in [3.8, 4) is 5.69 Å². The molecule has 1 saturated heterocycles. The van der Waals surface area contributed by atoms with Gasteiger partial charge in [0.05, 0.1) is 16.6 Å². The summed E-state index contributed by atoms with van der Waals surface area (Å²) >= 11 is 6.41. The van der Waals surface area contributed by atoms with Crippen LogP contribution in [0.15, 0.2) is 71.9 Å². The molecular formula is C30H31ClN8O2. The number of nitrogens with one attached hydrogen (secondary N) is 1. The number of rotatable bonds is 7. The molecule has 1 N–H and O–H groups in total. The molecular weight excluding hydrogens is 540 g/mol. The van der Waals surface area contributed by atoms with E-state index in [9.17, 15) is 9.59 Å². The molecule has 41 heavy (non-hydrogen) atoms. The summed E-state index contributed by atoms with van der Waals surface area (Å²) < 4.78 is 3.23. The Kier molecular flexibility index (Phi) is 7.32. The molecule has 10 nitrogen and oxygen atoms in total. The van der Waals surface area contributed by atoms with Crippen LogP contribution < -0.4 is 15.8 Å². The van der Waals surface area contributed by atoms with Crippen molar-refractivity contribution in [2.24, 2.45) is 5.92 Å². The van der Waals surface area contributed by atoms with E-state index in [1.807, 2.05) is 55.1 Å². The van der Waals surface area contributed by atoms with Crippen LogP contribution in [0.2, 0.25) is 5.02 Å². The van der Waals surface area contributed by atoms with Crippen LogP contribution >= 0.6 is 11.6 Å². The quantitative estimate of drug-likeness (QED) is 0.297. The fraction of sp³-hybridized carbons (Fsp3) is 0.300. The van der Waals surface area contributed by atoms with E-state index < -0.39 is 0 Å². The number of para-hydroxylation sites is 1. The van der Waals surface area contributed by atoms with Crippen molar-refractivity contribution in [1.82, 2.24) is 28.8 Å². The van der Waals surface area contributed by atoms with E-state index >= 15 is 0 Å². The zero-order valence-corrected chi connectivity index (χ0v) is 23.8. The number of piperidine rings is 1. The fourth-order valence-electron chi connectivity index (χ4n) is 5.55. The second-order valence-corrected chi connectivity index (χ2v) is 10.5. The largest absolute Gasteiger partial charge is 0.371 e. The summed E-state index contributed by atoms with van der Waals surface area (Å²) in [6.07, 6.45) is 6.82. The second-order valence-electron chi connectivity index (χ2n) is 10.1. The van der Waals surface area contributed by atoms with Gasteiger partial charge in [0.15, 0.2) is 5.65 Å². The SMILES string of the molecule is CCN(CC)C(=O)C1CCCN(c2ccc(Nc3ncc4c(=O)n(-c5ccccc5Cl)c5nccn5c4n3)cc2)C1. The normalized spacial score (nSPS) is 15.4. The summed E-state index contributed by atoms with van der Waals surface area (Å²) in [6, 6.07) is 15.2. The van der Waals surface area contributed by atoms with E-state index in [1.54, 1.807) is 28.9 Å². The average molecular weight is 571 g/mol. The van der Waals surface area contributed by atoms with Gasteiger partial charge in [0.25, 0.3) is 5.56 Å². The molecule has 5 aromatic rings. The van der Waals surface area contributed by atoms with Crippen LogP contribution in [-0.2, 0) is 4.79 Å². The Morgan fingerprint density at radius 1 is 1.10 bits per heavy atom. The number of hydrogen-bond acceptors (Lipinski definition) is 7. The first-order valence-corrected chi connectivity index (χ1v) is 14.3. The smallest absolute Gasteiger partial charge is 0.270 e. The van der Waals surface area contributed by atoms with Crippen molar-refractivity contribution >= 4 is 51.6 Å². The highest BCUT2D eigenvalue weighted by atomic mass is 35.5. The summed E-state index contributed by atoms with van der Waals surface area (Å²) in [5, 5.41) is 4.03. The number of anilines is 3. The van der Waals surface area contributed by atoms with Gasteiger partial charge in [0.2, 0.25) is 17.6 Å². The Morgan fingerprint density at radius 2 is 1.88 bits per heavy atom. The second kappa shape index (κ2) is 11.2. The van der Waals surface area contributed by atoms with Gasteiger partial charge in [0.1, 0.15) is 5.39 Å². The molecule has 0 bridgehead atoms. The van der Waals surface area contributed by atoms with Gasteiger partial charge in [-0.2, -0.15) is 4.98 Å². The van der Waals surface area contributed by atoms with Crippen molar-refractivity contribution in [2.75, 3.05) is 36.4 Å². The highest BCUT2D eigenvalue weighted by molar-refractivity contribution is 6.32. The topological polar surface area (TPSA) is 101 Å². The van der Waals surface area contributed by atoms with Crippen LogP contribution in [0.3, 0.4) is 0 Å². The van der Waals surface area contributed by atoms with Crippen molar-refractivity contribution in [3.63, 3.8) is 0 Å². The summed E-state index contributed by atoms with van der Waals surface area (Å²) in [5.41, 5.74) is 2.57. The minimum atomic E-state index is -0.304. The maximum absolute atomic E-state index is 13.5. The lowest BCUT2D eigenvalue weighted by atomic mass is 9.96. The number of imidazole rings is 1. The number of carbonyl (C=O) groups is 1. The Morgan fingerprint density at radius 3 is 2.63 bits per heavy atom. The maximum atomic E-state index is 13.5. The third-order valence-electron chi connectivity index (χ3n) is 7.68. The Labute approximate surface area is 242 Å². The van der Waals surface area contributed by atoms with Crippen LogP contribution in [0.4, 0.5) is 17.3 Å². The van der Waals surface area contributed by atoms with E-state index in [4.69, 9.17) is 11.6 Å². The Balaban J connectivity index is 1.25. The first-order chi connectivity index (χ1) is 20.0. The summed E-state index contributed by atoms with van der Waals surface area (Å²) in [7, 11) is 0. The number of nitrogens with zero attached hydrogens (tertiary/aromatic N) is 7. The van der Waals surface area contributed by atoms with E-state index in [0.717, 1.165) is 50.4 Å². The molecule has 1 aliphatic rings. The summed E-state index contributed by atoms with van der Waals surface area (Å²) in [6.45, 7) is 7.20. The van der Waals surface area contributed by atoms with Crippen molar-refractivity contribution in [3.05, 3.63) is 82.5 Å². The summed E-state index contributed by atoms with van der Waals surface area (Å²) in [4.78, 5) is 44.1. The Bertz CT molecular complexity index is 1780. The molecule has 1 fully saturated rings. The van der Waals surface area contributed by atoms with Gasteiger partial charge >= 0.3 is 0 Å². The van der Waals surface area contributed by atoms with Gasteiger partial charge in [-0.1, -0.05) is 23.7 Å². The van der Waals surface area contributed by atoms with Crippen LogP contribution in [-0.4, -0.2) is 60.9 Å². The molecule has 0 radical (unpaired) electrons. The molecule has 1 aliphatic heterocycles. The molecule has 1 amide bonds. The first-order valence-electron chi connectivity index (χ1n) is 13.9. The lowest BCUT2D eigenvalue weighted by Gasteiger charge is -2.36. The van der Waals surface area contributed by atoms with E-state index in [-0.39, 0.29) is 17.4 Å². The molecule has 6 rings (SSSR count). The molecule has 11 heteroatoms. The van der Waals surface area contributed by atoms with Gasteiger partial charge < -0.3 is 15.1 Å². The monoisotopic (exact) mass is 570 g/mol. The average Bonchev–Trinajstić information content (AvgIpc) is 3.49. The van der Waals surface area contributed by atoms with Gasteiger partial charge in [-0.25, -0.2) is 14.5 Å². The molecule has 210 valence electrons. The minimum absolute atomic E-state index is 0.0231. The van der Waals surface area contributed by atoms with Crippen molar-refractivity contribution in [1.29, 1.82) is 0 Å². The predicted octanol–water partition coefficient (Wildman–Crippen LogP) is 4.91. The fourth-order valence-corrected chi connectivity index (χ4v) is 5.77. The van der Waals surface area contributed by atoms with Crippen LogP contribution in [0.1, 0.15) is 26.7 Å². The zero-order chi connectivity index (χ0) is 28.5. The number of carbonyl (C=O) groups excluding carboxylic acids is 1. The molecule has 4 heterocycles. The van der Waals surface area contributed by atoms with E-state index in [2.05, 4.69) is 25.2 Å². The minimum Gasteiger partial charge on any atom is -0.371 e. The third-order valence-corrected chi connectivity index (χ3v) is 8.00. The van der Waals surface area contributed by atoms with Crippen molar-refractivity contribution in [2.45, 2.75) is 26.7 Å². The molecule has 2 aromatic carbocycles.